The van der Waals surface area contributed by atoms with Gasteiger partial charge in [0.1, 0.15) is 4.90 Å². The molecule has 0 spiro atoms. The van der Waals surface area contributed by atoms with Gasteiger partial charge in [0, 0.05) is 12.1 Å². The molecule has 0 unspecified atom stereocenters. The van der Waals surface area contributed by atoms with Crippen LogP contribution in [-0.4, -0.2) is 31.6 Å². The first kappa shape index (κ1) is 17.5. The quantitative estimate of drug-likeness (QED) is 0.717. The Morgan fingerprint density at radius 3 is 2.38 bits per heavy atom. The third kappa shape index (κ3) is 4.71. The molecule has 0 aromatic heterocycles. The number of aromatic carboxylic acids is 1. The van der Waals surface area contributed by atoms with Gasteiger partial charge in [0.05, 0.1) is 11.3 Å². The Labute approximate surface area is 125 Å². The second kappa shape index (κ2) is 6.91. The van der Waals surface area contributed by atoms with Crippen LogP contribution in [0.3, 0.4) is 0 Å². The number of carboxylic acid groups (broad SMARTS) is 1. The fourth-order valence-corrected chi connectivity index (χ4v) is 3.18. The summed E-state index contributed by atoms with van der Waals surface area (Å²) in [5.74, 6) is -1.16. The monoisotopic (exact) mass is 314 g/mol. The van der Waals surface area contributed by atoms with Crippen LogP contribution in [0, 0.1) is 0 Å². The Kier molecular flexibility index (Phi) is 5.74. The Morgan fingerprint density at radius 2 is 1.90 bits per heavy atom. The third-order valence-corrected chi connectivity index (χ3v) is 4.62. The van der Waals surface area contributed by atoms with Crippen molar-refractivity contribution < 1.29 is 18.3 Å². The van der Waals surface area contributed by atoms with Crippen molar-refractivity contribution in [2.45, 2.75) is 51.1 Å². The van der Waals surface area contributed by atoms with Gasteiger partial charge in [-0.05, 0) is 45.4 Å². The summed E-state index contributed by atoms with van der Waals surface area (Å²) in [4.78, 5) is 11.0. The second-order valence-electron chi connectivity index (χ2n) is 5.25. The molecule has 0 aliphatic rings. The summed E-state index contributed by atoms with van der Waals surface area (Å²) < 4.78 is 27.2. The lowest BCUT2D eigenvalue weighted by molar-refractivity contribution is 0.0696. The first-order valence-corrected chi connectivity index (χ1v) is 8.32. The standard InChI is InChI=1S/C14H22N2O4S/c1-5-10(4)15-12-7-6-11(14(17)18)8-13(12)21(19,20)16-9(2)3/h6-10,15-16H,5H2,1-4H3,(H,17,18)/t10-/m1/s1. The number of carbonyl (C=O) groups is 1. The number of sulfonamides is 1. The summed E-state index contributed by atoms with van der Waals surface area (Å²) in [6.07, 6.45) is 0.817. The Morgan fingerprint density at radius 1 is 1.29 bits per heavy atom. The Balaban J connectivity index is 3.35. The van der Waals surface area contributed by atoms with Crippen LogP contribution in [0.2, 0.25) is 0 Å². The van der Waals surface area contributed by atoms with E-state index < -0.39 is 16.0 Å². The second-order valence-corrected chi connectivity index (χ2v) is 6.93. The van der Waals surface area contributed by atoms with Crippen LogP contribution in [0.25, 0.3) is 0 Å². The molecule has 1 rings (SSSR count). The highest BCUT2D eigenvalue weighted by atomic mass is 32.2. The minimum absolute atomic E-state index is 0.0450. The Bertz CT molecular complexity index is 611. The van der Waals surface area contributed by atoms with Crippen molar-refractivity contribution >= 4 is 21.7 Å². The molecule has 0 fully saturated rings. The molecule has 1 atom stereocenters. The lowest BCUT2D eigenvalue weighted by Gasteiger charge is -2.18. The number of hydrogen-bond acceptors (Lipinski definition) is 4. The molecule has 118 valence electrons. The fourth-order valence-electron chi connectivity index (χ4n) is 1.74. The van der Waals surface area contributed by atoms with E-state index in [9.17, 15) is 13.2 Å². The van der Waals surface area contributed by atoms with Crippen molar-refractivity contribution in [1.29, 1.82) is 0 Å². The largest absolute Gasteiger partial charge is 0.478 e. The van der Waals surface area contributed by atoms with E-state index in [0.29, 0.717) is 5.69 Å². The number of benzene rings is 1. The highest BCUT2D eigenvalue weighted by Crippen LogP contribution is 2.24. The van der Waals surface area contributed by atoms with Crippen LogP contribution in [0.5, 0.6) is 0 Å². The lowest BCUT2D eigenvalue weighted by atomic mass is 10.2. The maximum absolute atomic E-state index is 12.4. The van der Waals surface area contributed by atoms with E-state index in [1.54, 1.807) is 13.8 Å². The minimum atomic E-state index is -3.78. The maximum Gasteiger partial charge on any atom is 0.335 e. The van der Waals surface area contributed by atoms with Crippen LogP contribution in [-0.2, 0) is 10.0 Å². The van der Waals surface area contributed by atoms with Gasteiger partial charge in [0.15, 0.2) is 0 Å². The molecule has 0 aliphatic heterocycles. The highest BCUT2D eigenvalue weighted by Gasteiger charge is 2.22. The van der Waals surface area contributed by atoms with Crippen molar-refractivity contribution in [3.8, 4) is 0 Å². The fraction of sp³-hybridized carbons (Fsp3) is 0.500. The average Bonchev–Trinajstić information content (AvgIpc) is 2.37. The minimum Gasteiger partial charge on any atom is -0.478 e. The van der Waals surface area contributed by atoms with Gasteiger partial charge in [-0.15, -0.1) is 0 Å². The highest BCUT2D eigenvalue weighted by molar-refractivity contribution is 7.89. The first-order chi connectivity index (χ1) is 9.67. The lowest BCUT2D eigenvalue weighted by Crippen LogP contribution is -2.31. The van der Waals surface area contributed by atoms with Gasteiger partial charge in [-0.25, -0.2) is 17.9 Å². The van der Waals surface area contributed by atoms with E-state index in [2.05, 4.69) is 10.0 Å². The van der Waals surface area contributed by atoms with E-state index in [4.69, 9.17) is 5.11 Å². The Hall–Kier alpha value is -1.60. The summed E-state index contributed by atoms with van der Waals surface area (Å²) in [5, 5.41) is 12.1. The molecule has 0 amide bonds. The molecule has 21 heavy (non-hydrogen) atoms. The van der Waals surface area contributed by atoms with Gasteiger partial charge in [0.2, 0.25) is 10.0 Å². The summed E-state index contributed by atoms with van der Waals surface area (Å²) in [5.41, 5.74) is 0.344. The number of rotatable bonds is 7. The summed E-state index contributed by atoms with van der Waals surface area (Å²) in [7, 11) is -3.78. The average molecular weight is 314 g/mol. The predicted octanol–water partition coefficient (Wildman–Crippen LogP) is 2.28. The number of hydrogen-bond donors (Lipinski definition) is 3. The molecule has 0 saturated carbocycles. The molecule has 7 heteroatoms. The topological polar surface area (TPSA) is 95.5 Å². The first-order valence-electron chi connectivity index (χ1n) is 6.83. The number of nitrogens with one attached hydrogen (secondary N) is 2. The van der Waals surface area contributed by atoms with Crippen LogP contribution in [0.1, 0.15) is 44.5 Å². The van der Waals surface area contributed by atoms with Gasteiger partial charge in [0.25, 0.3) is 0 Å². The van der Waals surface area contributed by atoms with Crippen LogP contribution >= 0.6 is 0 Å². The van der Waals surface area contributed by atoms with Crippen molar-refractivity contribution in [1.82, 2.24) is 4.72 Å². The summed E-state index contributed by atoms with van der Waals surface area (Å²) in [6, 6.07) is 3.86. The van der Waals surface area contributed by atoms with Gasteiger partial charge in [-0.3, -0.25) is 0 Å². The maximum atomic E-state index is 12.4. The summed E-state index contributed by atoms with van der Waals surface area (Å²) in [6.45, 7) is 7.32. The van der Waals surface area contributed by atoms with E-state index in [-0.39, 0.29) is 22.5 Å². The molecule has 6 nitrogen and oxygen atoms in total. The van der Waals surface area contributed by atoms with Crippen molar-refractivity contribution in [3.63, 3.8) is 0 Å². The molecule has 0 bridgehead atoms. The molecule has 1 aromatic carbocycles. The number of anilines is 1. The van der Waals surface area contributed by atoms with E-state index in [0.717, 1.165) is 6.42 Å². The van der Waals surface area contributed by atoms with Crippen molar-refractivity contribution in [2.24, 2.45) is 0 Å². The van der Waals surface area contributed by atoms with Crippen molar-refractivity contribution in [2.75, 3.05) is 5.32 Å². The number of carboxylic acids is 1. The van der Waals surface area contributed by atoms with E-state index >= 15 is 0 Å². The SMILES string of the molecule is CC[C@@H](C)Nc1ccc(C(=O)O)cc1S(=O)(=O)NC(C)C. The van der Waals surface area contributed by atoms with E-state index in [1.807, 2.05) is 13.8 Å². The molecule has 3 N–H and O–H groups in total. The zero-order valence-corrected chi connectivity index (χ0v) is 13.5. The molecule has 1 aromatic rings. The molecule has 0 aliphatic carbocycles. The van der Waals surface area contributed by atoms with Crippen LogP contribution in [0.4, 0.5) is 5.69 Å². The van der Waals surface area contributed by atoms with Gasteiger partial charge < -0.3 is 10.4 Å². The van der Waals surface area contributed by atoms with Gasteiger partial charge in [-0.1, -0.05) is 6.92 Å². The smallest absolute Gasteiger partial charge is 0.335 e. The van der Waals surface area contributed by atoms with Gasteiger partial charge >= 0.3 is 5.97 Å². The molecule has 0 heterocycles. The van der Waals surface area contributed by atoms with Crippen LogP contribution < -0.4 is 10.0 Å². The van der Waals surface area contributed by atoms with E-state index in [1.165, 1.54) is 18.2 Å². The van der Waals surface area contributed by atoms with Gasteiger partial charge in [-0.2, -0.15) is 0 Å². The summed E-state index contributed by atoms with van der Waals surface area (Å²) >= 11 is 0. The predicted molar refractivity (Wildman–Crippen MR) is 82.2 cm³/mol. The zero-order chi connectivity index (χ0) is 16.2. The molecular weight excluding hydrogens is 292 g/mol. The van der Waals surface area contributed by atoms with Crippen molar-refractivity contribution in [3.05, 3.63) is 23.8 Å². The zero-order valence-electron chi connectivity index (χ0n) is 12.7. The van der Waals surface area contributed by atoms with Crippen LogP contribution in [0.15, 0.2) is 23.1 Å². The molecule has 0 radical (unpaired) electrons. The third-order valence-electron chi connectivity index (χ3n) is 2.92. The molecule has 0 saturated heterocycles. The molecular formula is C14H22N2O4S. The normalized spacial score (nSPS) is 13.2.